The Hall–Kier alpha value is -0.500. The van der Waals surface area contributed by atoms with Gasteiger partial charge in [-0.1, -0.05) is 0 Å². The topological polar surface area (TPSA) is 74.2 Å². The van der Waals surface area contributed by atoms with Crippen molar-refractivity contribution in [3.63, 3.8) is 0 Å². The third-order valence-corrected chi connectivity index (χ3v) is 2.81. The molecule has 1 heterocycles. The Bertz CT molecular complexity index is 230. The summed E-state index contributed by atoms with van der Waals surface area (Å²) in [6.45, 7) is 5.41. The number of hydrogen-bond acceptors (Lipinski definition) is 6. The monoisotopic (exact) mass is 260 g/mol. The summed E-state index contributed by atoms with van der Waals surface area (Å²) in [7, 11) is 1.38. The molecule has 1 aliphatic heterocycles. The fraction of sp³-hybridized carbons (Fsp3) is 0.833. The lowest BCUT2D eigenvalue weighted by molar-refractivity contribution is -0.0731. The average molecular weight is 260 g/mol. The first-order chi connectivity index (χ1) is 8.72. The number of methoxy groups -OCH3 is 1. The van der Waals surface area contributed by atoms with Crippen molar-refractivity contribution in [1.29, 1.82) is 0 Å². The molecule has 0 bridgehead atoms. The van der Waals surface area contributed by atoms with Gasteiger partial charge in [0, 0.05) is 26.7 Å². The highest BCUT2D eigenvalue weighted by atomic mass is 16.6. The van der Waals surface area contributed by atoms with E-state index in [0.29, 0.717) is 6.61 Å². The highest BCUT2D eigenvalue weighted by Gasteiger charge is 2.08. The number of aliphatic hydroxyl groups is 2. The van der Waals surface area contributed by atoms with Crippen LogP contribution in [0.4, 0.5) is 0 Å². The molecule has 1 rings (SSSR count). The van der Waals surface area contributed by atoms with Gasteiger partial charge < -0.3 is 25.0 Å². The Morgan fingerprint density at radius 2 is 2.00 bits per heavy atom. The minimum atomic E-state index is -1.00. The minimum Gasteiger partial charge on any atom is -0.365 e. The van der Waals surface area contributed by atoms with E-state index in [2.05, 4.69) is 15.0 Å². The van der Waals surface area contributed by atoms with E-state index < -0.39 is 12.6 Å². The van der Waals surface area contributed by atoms with Gasteiger partial charge in [0.1, 0.15) is 0 Å². The average Bonchev–Trinajstić information content (AvgIpc) is 2.64. The van der Waals surface area contributed by atoms with Crippen LogP contribution in [0, 0.1) is 0 Å². The second kappa shape index (κ2) is 9.43. The predicted octanol–water partition coefficient (Wildman–Crippen LogP) is -0.862. The Morgan fingerprint density at radius 3 is 2.78 bits per heavy atom. The Labute approximate surface area is 108 Å². The number of rotatable bonds is 7. The number of hydrogen-bond donors (Lipinski definition) is 3. The Kier molecular flexibility index (Phi) is 8.15. The molecule has 18 heavy (non-hydrogen) atoms. The van der Waals surface area contributed by atoms with Gasteiger partial charge in [-0.15, -0.1) is 0 Å². The van der Waals surface area contributed by atoms with Crippen molar-refractivity contribution in [1.82, 2.24) is 10.2 Å². The van der Waals surface area contributed by atoms with Crippen LogP contribution in [-0.2, 0) is 9.47 Å². The van der Waals surface area contributed by atoms with Crippen molar-refractivity contribution in [2.24, 2.45) is 0 Å². The van der Waals surface area contributed by atoms with Crippen LogP contribution in [0.25, 0.3) is 0 Å². The Morgan fingerprint density at radius 1 is 1.22 bits per heavy atom. The summed E-state index contributed by atoms with van der Waals surface area (Å²) in [6, 6.07) is 0. The van der Waals surface area contributed by atoms with Crippen LogP contribution >= 0.6 is 0 Å². The molecule has 0 aromatic heterocycles. The summed E-state index contributed by atoms with van der Waals surface area (Å²) in [6.07, 6.45) is 1.86. The molecule has 0 aromatic rings. The van der Waals surface area contributed by atoms with Crippen molar-refractivity contribution in [2.45, 2.75) is 19.0 Å². The first-order valence-electron chi connectivity index (χ1n) is 6.34. The van der Waals surface area contributed by atoms with Gasteiger partial charge in [0.15, 0.2) is 12.6 Å². The van der Waals surface area contributed by atoms with Crippen molar-refractivity contribution >= 4 is 0 Å². The maximum atomic E-state index is 9.47. The number of ether oxygens (including phenoxy) is 2. The second-order valence-corrected chi connectivity index (χ2v) is 4.22. The highest BCUT2D eigenvalue weighted by Crippen LogP contribution is 1.97. The van der Waals surface area contributed by atoms with E-state index in [0.717, 1.165) is 39.1 Å². The summed E-state index contributed by atoms with van der Waals surface area (Å²) in [5.41, 5.74) is 0. The first-order valence-corrected chi connectivity index (χ1v) is 6.34. The van der Waals surface area contributed by atoms with E-state index >= 15 is 0 Å². The molecule has 1 fully saturated rings. The molecule has 2 unspecified atom stereocenters. The molecule has 1 saturated heterocycles. The lowest BCUT2D eigenvalue weighted by Gasteiger charge is -2.19. The first kappa shape index (κ1) is 15.6. The lowest BCUT2D eigenvalue weighted by Crippen LogP contribution is -2.32. The van der Waals surface area contributed by atoms with Crippen molar-refractivity contribution < 1.29 is 19.7 Å². The third-order valence-electron chi connectivity index (χ3n) is 2.81. The smallest absolute Gasteiger partial charge is 0.174 e. The van der Waals surface area contributed by atoms with Crippen LogP contribution in [-0.4, -0.2) is 74.1 Å². The van der Waals surface area contributed by atoms with E-state index in [1.165, 1.54) is 19.3 Å². The fourth-order valence-electron chi connectivity index (χ4n) is 1.75. The SMILES string of the molecule is COC(O)C=CC(O)OCCN1CCCNCC1. The van der Waals surface area contributed by atoms with Gasteiger partial charge in [-0.2, -0.15) is 0 Å². The van der Waals surface area contributed by atoms with E-state index in [4.69, 9.17) is 9.84 Å². The lowest BCUT2D eigenvalue weighted by atomic mass is 10.4. The van der Waals surface area contributed by atoms with Gasteiger partial charge in [0.25, 0.3) is 0 Å². The molecule has 2 atom stereocenters. The molecule has 0 saturated carbocycles. The molecule has 0 amide bonds. The number of nitrogens with zero attached hydrogens (tertiary/aromatic N) is 1. The second-order valence-electron chi connectivity index (χ2n) is 4.22. The molecular formula is C12H24N2O4. The zero-order valence-corrected chi connectivity index (χ0v) is 10.9. The molecule has 6 nitrogen and oxygen atoms in total. The van der Waals surface area contributed by atoms with Gasteiger partial charge in [0.2, 0.25) is 0 Å². The largest absolute Gasteiger partial charge is 0.365 e. The van der Waals surface area contributed by atoms with Crippen LogP contribution in [0.2, 0.25) is 0 Å². The quantitative estimate of drug-likeness (QED) is 0.408. The van der Waals surface area contributed by atoms with E-state index in [-0.39, 0.29) is 0 Å². The summed E-state index contributed by atoms with van der Waals surface area (Å²) in [5, 5.41) is 21.9. The molecule has 0 radical (unpaired) electrons. The van der Waals surface area contributed by atoms with Crippen molar-refractivity contribution in [3.05, 3.63) is 12.2 Å². The van der Waals surface area contributed by atoms with Crippen LogP contribution in [0.15, 0.2) is 12.2 Å². The van der Waals surface area contributed by atoms with E-state index in [1.54, 1.807) is 0 Å². The molecule has 1 aliphatic rings. The summed E-state index contributed by atoms with van der Waals surface area (Å²) in [5.74, 6) is 0. The van der Waals surface area contributed by atoms with Gasteiger partial charge >= 0.3 is 0 Å². The standard InChI is InChI=1S/C12H24N2O4/c1-17-11(15)3-4-12(16)18-10-9-14-7-2-5-13-6-8-14/h3-4,11-13,15-16H,2,5-10H2,1H3. The van der Waals surface area contributed by atoms with Crippen molar-refractivity contribution in [3.8, 4) is 0 Å². The summed E-state index contributed by atoms with van der Waals surface area (Å²) in [4.78, 5) is 2.31. The van der Waals surface area contributed by atoms with Gasteiger partial charge in [-0.05, 0) is 31.7 Å². The molecule has 0 aromatic carbocycles. The van der Waals surface area contributed by atoms with Crippen molar-refractivity contribution in [2.75, 3.05) is 46.4 Å². The molecule has 106 valence electrons. The normalized spacial score (nSPS) is 21.9. The number of aliphatic hydroxyl groups excluding tert-OH is 2. The molecule has 3 N–H and O–H groups in total. The molecular weight excluding hydrogens is 236 g/mol. The minimum absolute atomic E-state index is 0.467. The maximum Gasteiger partial charge on any atom is 0.174 e. The predicted molar refractivity (Wildman–Crippen MR) is 68.0 cm³/mol. The zero-order chi connectivity index (χ0) is 13.2. The molecule has 6 heteroatoms. The van der Waals surface area contributed by atoms with Crippen LogP contribution in [0.1, 0.15) is 6.42 Å². The van der Waals surface area contributed by atoms with Gasteiger partial charge in [-0.3, -0.25) is 4.90 Å². The van der Waals surface area contributed by atoms with Gasteiger partial charge in [0.05, 0.1) is 6.61 Å². The van der Waals surface area contributed by atoms with E-state index in [1.807, 2.05) is 0 Å². The molecule has 0 aliphatic carbocycles. The van der Waals surface area contributed by atoms with Gasteiger partial charge in [-0.25, -0.2) is 0 Å². The van der Waals surface area contributed by atoms with E-state index in [9.17, 15) is 5.11 Å². The molecule has 0 spiro atoms. The van der Waals surface area contributed by atoms with Crippen LogP contribution < -0.4 is 5.32 Å². The zero-order valence-electron chi connectivity index (χ0n) is 10.9. The summed E-state index contributed by atoms with van der Waals surface area (Å²) >= 11 is 0. The summed E-state index contributed by atoms with van der Waals surface area (Å²) < 4.78 is 9.82. The third kappa shape index (κ3) is 7.05. The maximum absolute atomic E-state index is 9.47. The Balaban J connectivity index is 2.10. The highest BCUT2D eigenvalue weighted by molar-refractivity contribution is 4.86. The number of nitrogens with one attached hydrogen (secondary N) is 1. The van der Waals surface area contributed by atoms with Crippen LogP contribution in [0.3, 0.4) is 0 Å². The van der Waals surface area contributed by atoms with Crippen LogP contribution in [0.5, 0.6) is 0 Å². The fourth-order valence-corrected chi connectivity index (χ4v) is 1.75.